The highest BCUT2D eigenvalue weighted by molar-refractivity contribution is 5.93. The van der Waals surface area contributed by atoms with Crippen LogP contribution < -0.4 is 5.32 Å². The molecule has 2 fully saturated rings. The van der Waals surface area contributed by atoms with Gasteiger partial charge in [0.25, 0.3) is 5.91 Å². The minimum absolute atomic E-state index is 0.225. The van der Waals surface area contributed by atoms with E-state index in [2.05, 4.69) is 21.7 Å². The number of aromatic nitrogens is 1. The van der Waals surface area contributed by atoms with Gasteiger partial charge in [0.1, 0.15) is 5.69 Å². The van der Waals surface area contributed by atoms with Gasteiger partial charge in [-0.05, 0) is 50.8 Å². The van der Waals surface area contributed by atoms with E-state index in [0.717, 1.165) is 31.7 Å². The molecule has 1 aromatic rings. The molecule has 116 valence electrons. The lowest BCUT2D eigenvalue weighted by Crippen LogP contribution is -2.47. The van der Waals surface area contributed by atoms with Gasteiger partial charge in [-0.3, -0.25) is 4.79 Å². The lowest BCUT2D eigenvalue weighted by Gasteiger charge is -2.31. The average Bonchev–Trinajstić information content (AvgIpc) is 3.25. The van der Waals surface area contributed by atoms with E-state index < -0.39 is 0 Å². The van der Waals surface area contributed by atoms with Crippen LogP contribution in [0.2, 0.25) is 0 Å². The van der Waals surface area contributed by atoms with Gasteiger partial charge in [-0.15, -0.1) is 0 Å². The number of nitrogens with zero attached hydrogens (tertiary/aromatic N) is 2. The van der Waals surface area contributed by atoms with E-state index in [4.69, 9.17) is 0 Å². The number of carbonyl (C=O) groups excluding carboxylic acids is 1. The number of aryl methyl sites for hydroxylation is 1. The SMILES string of the molecule is CCCn1cccc1C(=O)N(CC1CCCCN1)C1CC1. The van der Waals surface area contributed by atoms with Crippen molar-refractivity contribution in [3.8, 4) is 0 Å². The third-order valence-electron chi connectivity index (χ3n) is 4.59. The van der Waals surface area contributed by atoms with Crippen LogP contribution in [0.15, 0.2) is 18.3 Å². The number of hydrogen-bond acceptors (Lipinski definition) is 2. The summed E-state index contributed by atoms with van der Waals surface area (Å²) in [5.74, 6) is 0.225. The molecule has 2 aliphatic rings. The molecule has 0 radical (unpaired) electrons. The molecule has 21 heavy (non-hydrogen) atoms. The Balaban J connectivity index is 1.70. The second-order valence-corrected chi connectivity index (χ2v) is 6.42. The highest BCUT2D eigenvalue weighted by Gasteiger charge is 2.35. The number of nitrogens with one attached hydrogen (secondary N) is 1. The lowest BCUT2D eigenvalue weighted by molar-refractivity contribution is 0.0707. The first kappa shape index (κ1) is 14.6. The van der Waals surface area contributed by atoms with E-state index in [9.17, 15) is 4.79 Å². The fourth-order valence-electron chi connectivity index (χ4n) is 3.29. The van der Waals surface area contributed by atoms with Crippen LogP contribution >= 0.6 is 0 Å². The van der Waals surface area contributed by atoms with Gasteiger partial charge in [0, 0.05) is 31.4 Å². The number of amides is 1. The molecule has 1 aromatic heterocycles. The van der Waals surface area contributed by atoms with Crippen LogP contribution in [0.1, 0.15) is 55.9 Å². The van der Waals surface area contributed by atoms with Crippen LogP contribution in [0.3, 0.4) is 0 Å². The molecule has 1 atom stereocenters. The zero-order chi connectivity index (χ0) is 14.7. The standard InChI is InChI=1S/C17H27N3O/c1-2-11-19-12-5-7-16(19)17(21)20(15-8-9-15)13-14-6-3-4-10-18-14/h5,7,12,14-15,18H,2-4,6,8-11,13H2,1H3. The first-order valence-electron chi connectivity index (χ1n) is 8.49. The molecular formula is C17H27N3O. The maximum atomic E-state index is 12.9. The summed E-state index contributed by atoms with van der Waals surface area (Å²) in [6.07, 6.45) is 9.19. The van der Waals surface area contributed by atoms with E-state index in [1.807, 2.05) is 18.3 Å². The Morgan fingerprint density at radius 2 is 2.24 bits per heavy atom. The van der Waals surface area contributed by atoms with Gasteiger partial charge in [0.2, 0.25) is 0 Å². The third-order valence-corrected chi connectivity index (χ3v) is 4.59. The largest absolute Gasteiger partial charge is 0.344 e. The molecule has 0 aromatic carbocycles. The summed E-state index contributed by atoms with van der Waals surface area (Å²) in [7, 11) is 0. The quantitative estimate of drug-likeness (QED) is 0.874. The number of piperidine rings is 1. The summed E-state index contributed by atoms with van der Waals surface area (Å²) < 4.78 is 2.10. The van der Waals surface area contributed by atoms with Gasteiger partial charge >= 0.3 is 0 Å². The predicted molar refractivity (Wildman–Crippen MR) is 84.4 cm³/mol. The van der Waals surface area contributed by atoms with Gasteiger partial charge in [0.05, 0.1) is 0 Å². The Morgan fingerprint density at radius 3 is 2.90 bits per heavy atom. The monoisotopic (exact) mass is 289 g/mol. The first-order valence-corrected chi connectivity index (χ1v) is 8.49. The topological polar surface area (TPSA) is 37.3 Å². The highest BCUT2D eigenvalue weighted by atomic mass is 16.2. The van der Waals surface area contributed by atoms with E-state index >= 15 is 0 Å². The van der Waals surface area contributed by atoms with Gasteiger partial charge in [-0.25, -0.2) is 0 Å². The van der Waals surface area contributed by atoms with E-state index in [-0.39, 0.29) is 5.91 Å². The Labute approximate surface area is 127 Å². The summed E-state index contributed by atoms with van der Waals surface area (Å²) in [4.78, 5) is 15.1. The second kappa shape index (κ2) is 6.65. The Morgan fingerprint density at radius 1 is 1.38 bits per heavy atom. The van der Waals surface area contributed by atoms with Crippen molar-refractivity contribution < 1.29 is 4.79 Å². The molecule has 0 spiro atoms. The number of carbonyl (C=O) groups is 1. The second-order valence-electron chi connectivity index (χ2n) is 6.42. The summed E-state index contributed by atoms with van der Waals surface area (Å²) >= 11 is 0. The van der Waals surface area contributed by atoms with Gasteiger partial charge in [0.15, 0.2) is 0 Å². The molecule has 3 rings (SSSR count). The number of hydrogen-bond donors (Lipinski definition) is 1. The van der Waals surface area contributed by atoms with Crippen molar-refractivity contribution >= 4 is 5.91 Å². The van der Waals surface area contributed by atoms with Crippen LogP contribution in [0.4, 0.5) is 0 Å². The number of rotatable bonds is 6. The summed E-state index contributed by atoms with van der Waals surface area (Å²) in [6, 6.07) is 4.93. The van der Waals surface area contributed by atoms with E-state index in [1.165, 1.54) is 32.1 Å². The fraction of sp³-hybridized carbons (Fsp3) is 0.706. The van der Waals surface area contributed by atoms with Crippen LogP contribution in [0.5, 0.6) is 0 Å². The van der Waals surface area contributed by atoms with Crippen LogP contribution in [0.25, 0.3) is 0 Å². The highest BCUT2D eigenvalue weighted by Crippen LogP contribution is 2.29. The molecule has 1 unspecified atom stereocenters. The summed E-state index contributed by atoms with van der Waals surface area (Å²) in [6.45, 7) is 5.05. The average molecular weight is 289 g/mol. The van der Waals surface area contributed by atoms with Crippen molar-refractivity contribution in [2.45, 2.75) is 64.1 Å². The van der Waals surface area contributed by atoms with Crippen molar-refractivity contribution in [2.75, 3.05) is 13.1 Å². The van der Waals surface area contributed by atoms with Crippen molar-refractivity contribution in [1.82, 2.24) is 14.8 Å². The van der Waals surface area contributed by atoms with Gasteiger partial charge in [-0.2, -0.15) is 0 Å². The minimum Gasteiger partial charge on any atom is -0.344 e. The molecule has 1 aliphatic carbocycles. The summed E-state index contributed by atoms with van der Waals surface area (Å²) in [5.41, 5.74) is 0.861. The molecule has 2 heterocycles. The van der Waals surface area contributed by atoms with Crippen LogP contribution in [-0.4, -0.2) is 40.5 Å². The van der Waals surface area contributed by atoms with Crippen molar-refractivity contribution in [3.63, 3.8) is 0 Å². The van der Waals surface area contributed by atoms with Crippen molar-refractivity contribution in [2.24, 2.45) is 0 Å². The lowest BCUT2D eigenvalue weighted by atomic mass is 10.0. The molecule has 1 saturated heterocycles. The molecule has 4 heteroatoms. The fourth-order valence-corrected chi connectivity index (χ4v) is 3.29. The molecule has 1 amide bonds. The minimum atomic E-state index is 0.225. The van der Waals surface area contributed by atoms with E-state index in [1.54, 1.807) is 0 Å². The zero-order valence-electron chi connectivity index (χ0n) is 13.1. The Kier molecular flexibility index (Phi) is 4.63. The molecule has 1 saturated carbocycles. The maximum Gasteiger partial charge on any atom is 0.270 e. The van der Waals surface area contributed by atoms with Crippen molar-refractivity contribution in [1.29, 1.82) is 0 Å². The van der Waals surface area contributed by atoms with Crippen molar-refractivity contribution in [3.05, 3.63) is 24.0 Å². The molecule has 4 nitrogen and oxygen atoms in total. The third kappa shape index (κ3) is 3.49. The van der Waals surface area contributed by atoms with Crippen LogP contribution in [0, 0.1) is 0 Å². The zero-order valence-corrected chi connectivity index (χ0v) is 13.1. The molecule has 1 N–H and O–H groups in total. The van der Waals surface area contributed by atoms with Gasteiger partial charge in [-0.1, -0.05) is 13.3 Å². The van der Waals surface area contributed by atoms with Crippen LogP contribution in [-0.2, 0) is 6.54 Å². The van der Waals surface area contributed by atoms with E-state index in [0.29, 0.717) is 12.1 Å². The Hall–Kier alpha value is -1.29. The molecule has 1 aliphatic heterocycles. The maximum absolute atomic E-state index is 12.9. The normalized spacial score (nSPS) is 22.2. The smallest absolute Gasteiger partial charge is 0.270 e. The van der Waals surface area contributed by atoms with Gasteiger partial charge < -0.3 is 14.8 Å². The predicted octanol–water partition coefficient (Wildman–Crippen LogP) is 2.64. The first-order chi connectivity index (χ1) is 10.3. The molecule has 0 bridgehead atoms. The summed E-state index contributed by atoms with van der Waals surface area (Å²) in [5, 5.41) is 3.57. The molecular weight excluding hydrogens is 262 g/mol. The Bertz CT molecular complexity index is 472.